The lowest BCUT2D eigenvalue weighted by atomic mass is 9.98. The minimum atomic E-state index is -0.101. The van der Waals surface area contributed by atoms with Crippen LogP contribution < -0.4 is 4.74 Å². The van der Waals surface area contributed by atoms with E-state index in [1.54, 1.807) is 7.11 Å². The fourth-order valence-corrected chi connectivity index (χ4v) is 3.15. The number of likely N-dealkylation sites (tertiary alicyclic amines) is 1. The van der Waals surface area contributed by atoms with Crippen LogP contribution in [0.1, 0.15) is 42.9 Å². The first kappa shape index (κ1) is 16.8. The molecule has 0 spiro atoms. The molecule has 22 heavy (non-hydrogen) atoms. The van der Waals surface area contributed by atoms with Crippen molar-refractivity contribution in [2.24, 2.45) is 0 Å². The van der Waals surface area contributed by atoms with Crippen LogP contribution in [0.25, 0.3) is 0 Å². The van der Waals surface area contributed by atoms with Crippen LogP contribution in [0.4, 0.5) is 0 Å². The summed E-state index contributed by atoms with van der Waals surface area (Å²) in [4.78, 5) is 14.4. The number of hydrogen-bond donors (Lipinski definition) is 0. The van der Waals surface area contributed by atoms with Crippen molar-refractivity contribution < 1.29 is 14.3 Å². The van der Waals surface area contributed by atoms with E-state index in [-0.39, 0.29) is 12.0 Å². The summed E-state index contributed by atoms with van der Waals surface area (Å²) < 4.78 is 10.6. The molecule has 4 heteroatoms. The second-order valence-electron chi connectivity index (χ2n) is 5.91. The van der Waals surface area contributed by atoms with E-state index in [1.807, 2.05) is 13.0 Å². The van der Waals surface area contributed by atoms with Crippen molar-refractivity contribution in [2.75, 3.05) is 20.3 Å². The number of benzene rings is 1. The lowest BCUT2D eigenvalue weighted by Crippen LogP contribution is -2.45. The highest BCUT2D eigenvalue weighted by atomic mass is 16.5. The fraction of sp³-hybridized carbons (Fsp3) is 0.611. The van der Waals surface area contributed by atoms with Crippen molar-refractivity contribution in [1.82, 2.24) is 4.90 Å². The minimum Gasteiger partial charge on any atom is -0.496 e. The predicted molar refractivity (Wildman–Crippen MR) is 87.2 cm³/mol. The van der Waals surface area contributed by atoms with Gasteiger partial charge in [-0.1, -0.05) is 12.5 Å². The van der Waals surface area contributed by atoms with Gasteiger partial charge in [-0.15, -0.1) is 0 Å². The van der Waals surface area contributed by atoms with Gasteiger partial charge in [0.25, 0.3) is 0 Å². The molecule has 0 saturated carbocycles. The molecule has 1 aromatic carbocycles. The molecular weight excluding hydrogens is 278 g/mol. The minimum absolute atomic E-state index is 0.0786. The van der Waals surface area contributed by atoms with E-state index in [0.717, 1.165) is 38.1 Å². The Bertz CT molecular complexity index is 527. The third-order valence-electron chi connectivity index (χ3n) is 4.62. The van der Waals surface area contributed by atoms with Gasteiger partial charge in [0.2, 0.25) is 0 Å². The molecule has 0 aromatic heterocycles. The molecule has 1 aliphatic heterocycles. The van der Waals surface area contributed by atoms with Crippen LogP contribution in [0.15, 0.2) is 12.1 Å². The zero-order valence-corrected chi connectivity index (χ0v) is 14.1. The lowest BCUT2D eigenvalue weighted by Gasteiger charge is -2.34. The Labute approximate surface area is 133 Å². The number of methoxy groups -OCH3 is 1. The third-order valence-corrected chi connectivity index (χ3v) is 4.62. The van der Waals surface area contributed by atoms with E-state index < -0.39 is 0 Å². The number of hydrogen-bond acceptors (Lipinski definition) is 4. The van der Waals surface area contributed by atoms with Crippen molar-refractivity contribution in [3.63, 3.8) is 0 Å². The number of nitrogens with zero attached hydrogens (tertiary/aromatic N) is 1. The molecule has 0 N–H and O–H groups in total. The Morgan fingerprint density at radius 2 is 2.05 bits per heavy atom. The molecule has 0 bridgehead atoms. The number of carbonyl (C=O) groups is 1. The number of ether oxygens (including phenoxy) is 2. The summed E-state index contributed by atoms with van der Waals surface area (Å²) >= 11 is 0. The van der Waals surface area contributed by atoms with Gasteiger partial charge in [-0.2, -0.15) is 0 Å². The van der Waals surface area contributed by atoms with Crippen LogP contribution in [-0.2, 0) is 16.1 Å². The van der Waals surface area contributed by atoms with Crippen molar-refractivity contribution in [3.05, 3.63) is 28.8 Å². The molecular formula is C18H27NO3. The first-order chi connectivity index (χ1) is 10.6. The maximum absolute atomic E-state index is 12.2. The van der Waals surface area contributed by atoms with E-state index in [4.69, 9.17) is 9.47 Å². The quantitative estimate of drug-likeness (QED) is 0.783. The molecule has 0 radical (unpaired) electrons. The topological polar surface area (TPSA) is 38.8 Å². The summed E-state index contributed by atoms with van der Waals surface area (Å²) in [6.07, 6.45) is 3.14. The summed E-state index contributed by atoms with van der Waals surface area (Å²) in [5.74, 6) is 0.840. The van der Waals surface area contributed by atoms with Crippen molar-refractivity contribution in [2.45, 2.75) is 52.6 Å². The van der Waals surface area contributed by atoms with Crippen molar-refractivity contribution in [1.29, 1.82) is 0 Å². The molecule has 4 nitrogen and oxygen atoms in total. The molecule has 1 aromatic rings. The summed E-state index contributed by atoms with van der Waals surface area (Å²) in [6, 6.07) is 4.02. The second kappa shape index (κ2) is 7.63. The van der Waals surface area contributed by atoms with Crippen LogP contribution in [0.3, 0.4) is 0 Å². The molecule has 1 heterocycles. The Hall–Kier alpha value is -1.55. The van der Waals surface area contributed by atoms with Gasteiger partial charge in [0.15, 0.2) is 0 Å². The van der Waals surface area contributed by atoms with Crippen LogP contribution in [0, 0.1) is 13.8 Å². The van der Waals surface area contributed by atoms with Crippen molar-refractivity contribution in [3.8, 4) is 5.75 Å². The fourth-order valence-electron chi connectivity index (χ4n) is 3.15. The molecule has 122 valence electrons. The average molecular weight is 305 g/mol. The van der Waals surface area contributed by atoms with Gasteiger partial charge in [0, 0.05) is 6.54 Å². The smallest absolute Gasteiger partial charge is 0.323 e. The lowest BCUT2D eigenvalue weighted by molar-refractivity contribution is -0.151. The van der Waals surface area contributed by atoms with E-state index in [1.165, 1.54) is 16.7 Å². The molecule has 0 aliphatic carbocycles. The Kier molecular flexibility index (Phi) is 5.83. The summed E-state index contributed by atoms with van der Waals surface area (Å²) in [5, 5.41) is 0. The molecule has 1 aliphatic rings. The summed E-state index contributed by atoms with van der Waals surface area (Å²) in [6.45, 7) is 8.26. The van der Waals surface area contributed by atoms with Gasteiger partial charge >= 0.3 is 5.97 Å². The largest absolute Gasteiger partial charge is 0.496 e. The normalized spacial score (nSPS) is 19.0. The number of rotatable bonds is 5. The first-order valence-corrected chi connectivity index (χ1v) is 8.12. The first-order valence-electron chi connectivity index (χ1n) is 8.12. The van der Waals surface area contributed by atoms with Crippen LogP contribution >= 0.6 is 0 Å². The molecule has 2 rings (SSSR count). The Morgan fingerprint density at radius 3 is 2.73 bits per heavy atom. The van der Waals surface area contributed by atoms with E-state index >= 15 is 0 Å². The van der Waals surface area contributed by atoms with E-state index in [9.17, 15) is 4.79 Å². The maximum Gasteiger partial charge on any atom is 0.323 e. The maximum atomic E-state index is 12.2. The second-order valence-corrected chi connectivity index (χ2v) is 5.91. The molecule has 0 amide bonds. The highest BCUT2D eigenvalue weighted by molar-refractivity contribution is 5.75. The van der Waals surface area contributed by atoms with Crippen LogP contribution in [-0.4, -0.2) is 37.2 Å². The average Bonchev–Trinajstić information content (AvgIpc) is 2.53. The Balaban J connectivity index is 2.17. The van der Waals surface area contributed by atoms with Crippen molar-refractivity contribution >= 4 is 5.97 Å². The highest BCUT2D eigenvalue weighted by Gasteiger charge is 2.30. The molecule has 1 atom stereocenters. The predicted octanol–water partition coefficient (Wildman–Crippen LogP) is 3.23. The van der Waals surface area contributed by atoms with E-state index in [2.05, 4.69) is 24.8 Å². The standard InChI is InChI=1S/C18H27NO3/c1-5-22-18(20)16-8-6-7-11-19(16)12-15-9-10-17(21-4)14(3)13(15)2/h9-10,16H,5-8,11-12H2,1-4H3/t16-/m1/s1. The van der Waals surface area contributed by atoms with Gasteiger partial charge < -0.3 is 9.47 Å². The van der Waals surface area contributed by atoms with Crippen LogP contribution in [0.2, 0.25) is 0 Å². The van der Waals surface area contributed by atoms with E-state index in [0.29, 0.717) is 6.61 Å². The highest BCUT2D eigenvalue weighted by Crippen LogP contribution is 2.27. The summed E-state index contributed by atoms with van der Waals surface area (Å²) in [5.41, 5.74) is 3.67. The SMILES string of the molecule is CCOC(=O)[C@H]1CCCCN1Cc1ccc(OC)c(C)c1C. The zero-order chi connectivity index (χ0) is 16.1. The molecule has 0 unspecified atom stereocenters. The van der Waals surface area contributed by atoms with Gasteiger partial charge in [0.1, 0.15) is 11.8 Å². The van der Waals surface area contributed by atoms with Gasteiger partial charge in [-0.3, -0.25) is 9.69 Å². The Morgan fingerprint density at radius 1 is 1.27 bits per heavy atom. The van der Waals surface area contributed by atoms with Crippen LogP contribution in [0.5, 0.6) is 5.75 Å². The number of esters is 1. The van der Waals surface area contributed by atoms with Gasteiger partial charge in [-0.25, -0.2) is 0 Å². The summed E-state index contributed by atoms with van der Waals surface area (Å²) in [7, 11) is 1.70. The zero-order valence-electron chi connectivity index (χ0n) is 14.1. The third kappa shape index (κ3) is 3.61. The monoisotopic (exact) mass is 305 g/mol. The van der Waals surface area contributed by atoms with Gasteiger partial charge in [0.05, 0.1) is 13.7 Å². The molecule has 1 fully saturated rings. The number of carbonyl (C=O) groups excluding carboxylic acids is 1. The van der Waals surface area contributed by atoms with Gasteiger partial charge in [-0.05, 0) is 62.9 Å². The number of piperidine rings is 1. The molecule has 1 saturated heterocycles.